The number of guanidine groups is 1. The second-order valence-electron chi connectivity index (χ2n) is 5.00. The highest BCUT2D eigenvalue weighted by atomic mass is 32.1. The molecule has 0 fully saturated rings. The van der Waals surface area contributed by atoms with Crippen LogP contribution < -0.4 is 10.6 Å². The number of aliphatic imine (C=N–C) groups is 1. The summed E-state index contributed by atoms with van der Waals surface area (Å²) in [7, 11) is 0. The molecule has 0 aliphatic heterocycles. The van der Waals surface area contributed by atoms with Gasteiger partial charge in [-0.1, -0.05) is 0 Å². The molecule has 120 valence electrons. The summed E-state index contributed by atoms with van der Waals surface area (Å²) >= 11 is 1.73. The number of nitrogens with one attached hydrogen (secondary N) is 2. The predicted octanol–water partition coefficient (Wildman–Crippen LogP) is 2.77. The fourth-order valence-electron chi connectivity index (χ4n) is 2.04. The quantitative estimate of drug-likeness (QED) is 0.446. The van der Waals surface area contributed by atoms with Crippen molar-refractivity contribution in [3.8, 4) is 0 Å². The lowest BCUT2D eigenvalue weighted by atomic mass is 10.3. The predicted molar refractivity (Wildman–Crippen MR) is 91.6 cm³/mol. The SMILES string of the molecule is CCNC(=NCCCc1nc(C)cs1)NCCc1ccco1. The maximum Gasteiger partial charge on any atom is 0.191 e. The molecule has 5 nitrogen and oxygen atoms in total. The van der Waals surface area contributed by atoms with E-state index in [0.717, 1.165) is 56.3 Å². The minimum atomic E-state index is 0.800. The number of thiazole rings is 1. The molecule has 0 saturated heterocycles. The first-order valence-electron chi connectivity index (χ1n) is 7.73. The third-order valence-electron chi connectivity index (χ3n) is 3.07. The summed E-state index contributed by atoms with van der Waals surface area (Å²) in [5.74, 6) is 1.85. The number of rotatable bonds is 8. The minimum Gasteiger partial charge on any atom is -0.469 e. The smallest absolute Gasteiger partial charge is 0.191 e. The van der Waals surface area contributed by atoms with Gasteiger partial charge in [0.05, 0.1) is 11.3 Å². The monoisotopic (exact) mass is 320 g/mol. The van der Waals surface area contributed by atoms with Gasteiger partial charge in [-0.15, -0.1) is 11.3 Å². The van der Waals surface area contributed by atoms with E-state index < -0.39 is 0 Å². The maximum atomic E-state index is 5.32. The molecule has 0 unspecified atom stereocenters. The van der Waals surface area contributed by atoms with Gasteiger partial charge in [0.2, 0.25) is 0 Å². The molecule has 22 heavy (non-hydrogen) atoms. The number of hydrogen-bond donors (Lipinski definition) is 2. The fourth-order valence-corrected chi connectivity index (χ4v) is 2.86. The second kappa shape index (κ2) is 9.25. The van der Waals surface area contributed by atoms with E-state index in [1.54, 1.807) is 17.6 Å². The maximum absolute atomic E-state index is 5.32. The van der Waals surface area contributed by atoms with E-state index in [1.165, 1.54) is 5.01 Å². The lowest BCUT2D eigenvalue weighted by Crippen LogP contribution is -2.38. The Morgan fingerprint density at radius 2 is 2.27 bits per heavy atom. The molecule has 2 rings (SSSR count). The highest BCUT2D eigenvalue weighted by Gasteiger charge is 2.00. The molecular weight excluding hydrogens is 296 g/mol. The van der Waals surface area contributed by atoms with Crippen LogP contribution in [-0.2, 0) is 12.8 Å². The normalized spacial score (nSPS) is 11.6. The molecule has 0 aliphatic carbocycles. The molecule has 2 heterocycles. The largest absolute Gasteiger partial charge is 0.469 e. The van der Waals surface area contributed by atoms with Gasteiger partial charge in [0.1, 0.15) is 5.76 Å². The lowest BCUT2D eigenvalue weighted by molar-refractivity contribution is 0.507. The Kier molecular flexibility index (Phi) is 6.96. The Morgan fingerprint density at radius 1 is 1.36 bits per heavy atom. The molecule has 0 aromatic carbocycles. The molecule has 0 bridgehead atoms. The van der Waals surface area contributed by atoms with E-state index >= 15 is 0 Å². The van der Waals surface area contributed by atoms with Crippen molar-refractivity contribution in [2.24, 2.45) is 4.99 Å². The van der Waals surface area contributed by atoms with Crippen molar-refractivity contribution in [2.45, 2.75) is 33.1 Å². The van der Waals surface area contributed by atoms with Gasteiger partial charge in [-0.05, 0) is 32.4 Å². The number of furan rings is 1. The molecule has 0 saturated carbocycles. The van der Waals surface area contributed by atoms with Crippen LogP contribution in [0.2, 0.25) is 0 Å². The van der Waals surface area contributed by atoms with E-state index in [0.29, 0.717) is 0 Å². The van der Waals surface area contributed by atoms with Crippen LogP contribution in [0.1, 0.15) is 29.8 Å². The van der Waals surface area contributed by atoms with Gasteiger partial charge in [0.25, 0.3) is 0 Å². The van der Waals surface area contributed by atoms with Crippen LogP contribution in [0.4, 0.5) is 0 Å². The molecule has 0 spiro atoms. The molecular formula is C16H24N4OS. The average Bonchev–Trinajstić information content (AvgIpc) is 3.15. The molecule has 0 radical (unpaired) electrons. The van der Waals surface area contributed by atoms with E-state index in [4.69, 9.17) is 4.42 Å². The Hall–Kier alpha value is -1.82. The molecule has 2 N–H and O–H groups in total. The van der Waals surface area contributed by atoms with Crippen molar-refractivity contribution in [1.29, 1.82) is 0 Å². The zero-order valence-electron chi connectivity index (χ0n) is 13.3. The summed E-state index contributed by atoms with van der Waals surface area (Å²) in [6.45, 7) is 6.57. The van der Waals surface area contributed by atoms with Gasteiger partial charge in [0, 0.05) is 43.5 Å². The standard InChI is InChI=1S/C16H24N4OS/c1-3-17-16(19-10-8-14-6-5-11-21-14)18-9-4-7-15-20-13(2)12-22-15/h5-6,11-12H,3-4,7-10H2,1-2H3,(H2,17,18,19). The minimum absolute atomic E-state index is 0.800. The first-order chi connectivity index (χ1) is 10.8. The third kappa shape index (κ3) is 5.89. The molecule has 0 amide bonds. The van der Waals surface area contributed by atoms with Crippen LogP contribution in [0.5, 0.6) is 0 Å². The first-order valence-corrected chi connectivity index (χ1v) is 8.61. The third-order valence-corrected chi connectivity index (χ3v) is 4.10. The van der Waals surface area contributed by atoms with Crippen molar-refractivity contribution in [3.63, 3.8) is 0 Å². The Balaban J connectivity index is 1.69. The first kappa shape index (κ1) is 16.5. The van der Waals surface area contributed by atoms with Crippen LogP contribution in [-0.4, -0.2) is 30.6 Å². The average molecular weight is 320 g/mol. The molecule has 0 aliphatic rings. The Labute approximate surface area is 135 Å². The van der Waals surface area contributed by atoms with Crippen LogP contribution in [0.15, 0.2) is 33.2 Å². The Bertz CT molecular complexity index is 562. The van der Waals surface area contributed by atoms with Crippen LogP contribution >= 0.6 is 11.3 Å². The van der Waals surface area contributed by atoms with Crippen molar-refractivity contribution in [2.75, 3.05) is 19.6 Å². The van der Waals surface area contributed by atoms with Crippen LogP contribution in [0.25, 0.3) is 0 Å². The van der Waals surface area contributed by atoms with Crippen LogP contribution in [0.3, 0.4) is 0 Å². The Morgan fingerprint density at radius 3 is 2.95 bits per heavy atom. The van der Waals surface area contributed by atoms with Crippen molar-refractivity contribution < 1.29 is 4.42 Å². The summed E-state index contributed by atoms with van der Waals surface area (Å²) in [5, 5.41) is 9.88. The van der Waals surface area contributed by atoms with E-state index in [1.807, 2.05) is 19.1 Å². The van der Waals surface area contributed by atoms with Gasteiger partial charge >= 0.3 is 0 Å². The van der Waals surface area contributed by atoms with E-state index in [9.17, 15) is 0 Å². The number of hydrogen-bond acceptors (Lipinski definition) is 4. The summed E-state index contributed by atoms with van der Waals surface area (Å²) in [6, 6.07) is 3.90. The fraction of sp³-hybridized carbons (Fsp3) is 0.500. The topological polar surface area (TPSA) is 62.5 Å². The zero-order chi connectivity index (χ0) is 15.6. The summed E-state index contributed by atoms with van der Waals surface area (Å²) in [5.41, 5.74) is 1.11. The summed E-state index contributed by atoms with van der Waals surface area (Å²) in [6.07, 6.45) is 4.57. The second-order valence-corrected chi connectivity index (χ2v) is 5.95. The van der Waals surface area contributed by atoms with Gasteiger partial charge in [0.15, 0.2) is 5.96 Å². The van der Waals surface area contributed by atoms with E-state index in [-0.39, 0.29) is 0 Å². The number of aryl methyl sites for hydroxylation is 2. The lowest BCUT2D eigenvalue weighted by Gasteiger charge is -2.10. The summed E-state index contributed by atoms with van der Waals surface area (Å²) < 4.78 is 5.32. The molecule has 6 heteroatoms. The van der Waals surface area contributed by atoms with Crippen LogP contribution in [0, 0.1) is 6.92 Å². The van der Waals surface area contributed by atoms with Crippen molar-refractivity contribution >= 4 is 17.3 Å². The van der Waals surface area contributed by atoms with Gasteiger partial charge < -0.3 is 15.1 Å². The highest BCUT2D eigenvalue weighted by Crippen LogP contribution is 2.10. The molecule has 2 aromatic rings. The molecule has 2 aromatic heterocycles. The van der Waals surface area contributed by atoms with Crippen molar-refractivity contribution in [3.05, 3.63) is 40.2 Å². The van der Waals surface area contributed by atoms with E-state index in [2.05, 4.69) is 32.9 Å². The number of nitrogens with zero attached hydrogens (tertiary/aromatic N) is 2. The zero-order valence-corrected chi connectivity index (χ0v) is 14.1. The van der Waals surface area contributed by atoms with Gasteiger partial charge in [-0.25, -0.2) is 4.98 Å². The number of aromatic nitrogens is 1. The van der Waals surface area contributed by atoms with Crippen molar-refractivity contribution in [1.82, 2.24) is 15.6 Å². The van der Waals surface area contributed by atoms with Gasteiger partial charge in [-0.2, -0.15) is 0 Å². The summed E-state index contributed by atoms with van der Waals surface area (Å²) in [4.78, 5) is 9.06. The van der Waals surface area contributed by atoms with Gasteiger partial charge in [-0.3, -0.25) is 4.99 Å². The molecule has 0 atom stereocenters. The highest BCUT2D eigenvalue weighted by molar-refractivity contribution is 7.09.